The van der Waals surface area contributed by atoms with E-state index in [0.29, 0.717) is 5.02 Å². The topological polar surface area (TPSA) is 66.5 Å². The molecule has 0 aromatic heterocycles. The molecule has 1 saturated carbocycles. The van der Waals surface area contributed by atoms with Gasteiger partial charge in [-0.05, 0) is 54.8 Å². The Balaban J connectivity index is 1.80. The van der Waals surface area contributed by atoms with E-state index >= 15 is 0 Å². The lowest BCUT2D eigenvalue weighted by atomic mass is 10.1. The summed E-state index contributed by atoms with van der Waals surface area (Å²) < 4.78 is 28.7. The zero-order chi connectivity index (χ0) is 21.6. The van der Waals surface area contributed by atoms with Gasteiger partial charge in [-0.2, -0.15) is 4.31 Å². The van der Waals surface area contributed by atoms with Crippen LogP contribution in [0.2, 0.25) is 5.02 Å². The molecule has 162 valence electrons. The molecular weight excluding hydrogens is 488 g/mol. The van der Waals surface area contributed by atoms with Gasteiger partial charge in [0.15, 0.2) is 0 Å². The highest BCUT2D eigenvalue weighted by Gasteiger charge is 2.28. The van der Waals surface area contributed by atoms with E-state index in [-0.39, 0.29) is 29.9 Å². The number of sulfonamides is 1. The highest BCUT2D eigenvalue weighted by Crippen LogP contribution is 2.22. The molecule has 0 atom stereocenters. The normalized spacial score (nSPS) is 15.7. The van der Waals surface area contributed by atoms with Crippen molar-refractivity contribution in [2.24, 2.45) is 0 Å². The van der Waals surface area contributed by atoms with Crippen LogP contribution < -0.4 is 5.32 Å². The molecule has 30 heavy (non-hydrogen) atoms. The highest BCUT2D eigenvalue weighted by atomic mass is 79.9. The van der Waals surface area contributed by atoms with E-state index in [2.05, 4.69) is 21.2 Å². The molecular formula is C22H26BrClN2O3S. The largest absolute Gasteiger partial charge is 0.352 e. The molecule has 1 aliphatic rings. The minimum atomic E-state index is -3.87. The van der Waals surface area contributed by atoms with E-state index < -0.39 is 10.0 Å². The number of rotatable bonds is 7. The van der Waals surface area contributed by atoms with Crippen LogP contribution in [0.1, 0.15) is 44.1 Å². The lowest BCUT2D eigenvalue weighted by Gasteiger charge is -2.24. The minimum absolute atomic E-state index is 0.107. The number of hydrogen-bond acceptors (Lipinski definition) is 3. The first-order valence-electron chi connectivity index (χ1n) is 10.1. The van der Waals surface area contributed by atoms with Crippen molar-refractivity contribution in [3.63, 3.8) is 0 Å². The van der Waals surface area contributed by atoms with E-state index in [1.165, 1.54) is 41.4 Å². The van der Waals surface area contributed by atoms with E-state index in [4.69, 9.17) is 11.6 Å². The van der Waals surface area contributed by atoms with Crippen LogP contribution in [0.15, 0.2) is 57.9 Å². The van der Waals surface area contributed by atoms with Crippen molar-refractivity contribution in [2.45, 2.75) is 56.0 Å². The first-order chi connectivity index (χ1) is 14.3. The molecule has 3 rings (SSSR count). The second kappa shape index (κ2) is 10.8. The number of carbonyl (C=O) groups excluding carboxylic acids is 1. The summed E-state index contributed by atoms with van der Waals surface area (Å²) in [4.78, 5) is 12.9. The van der Waals surface area contributed by atoms with E-state index in [1.807, 2.05) is 24.3 Å². The Morgan fingerprint density at radius 1 is 1.00 bits per heavy atom. The Hall–Kier alpha value is -1.41. The van der Waals surface area contributed by atoms with Crippen LogP contribution in [0.25, 0.3) is 0 Å². The molecule has 1 aliphatic carbocycles. The van der Waals surface area contributed by atoms with E-state index in [1.54, 1.807) is 0 Å². The number of nitrogens with one attached hydrogen (secondary N) is 1. The molecule has 8 heteroatoms. The summed E-state index contributed by atoms with van der Waals surface area (Å²) in [5.74, 6) is -0.267. The van der Waals surface area contributed by atoms with Gasteiger partial charge in [0.2, 0.25) is 15.9 Å². The fourth-order valence-electron chi connectivity index (χ4n) is 3.63. The van der Waals surface area contributed by atoms with Crippen molar-refractivity contribution >= 4 is 43.5 Å². The molecule has 0 spiro atoms. The van der Waals surface area contributed by atoms with Gasteiger partial charge >= 0.3 is 0 Å². The van der Waals surface area contributed by atoms with Gasteiger partial charge in [0, 0.05) is 22.1 Å². The highest BCUT2D eigenvalue weighted by molar-refractivity contribution is 9.10. The maximum Gasteiger partial charge on any atom is 0.243 e. The summed E-state index contributed by atoms with van der Waals surface area (Å²) in [5.41, 5.74) is 0.804. The van der Waals surface area contributed by atoms with Gasteiger partial charge in [-0.25, -0.2) is 8.42 Å². The molecule has 2 aromatic carbocycles. The van der Waals surface area contributed by atoms with Crippen molar-refractivity contribution in [2.75, 3.05) is 6.54 Å². The summed E-state index contributed by atoms with van der Waals surface area (Å²) >= 11 is 9.30. The molecule has 1 fully saturated rings. The fourth-order valence-corrected chi connectivity index (χ4v) is 5.41. The molecule has 2 aromatic rings. The van der Waals surface area contributed by atoms with Crippen molar-refractivity contribution in [3.05, 3.63) is 63.6 Å². The van der Waals surface area contributed by atoms with Gasteiger partial charge in [-0.3, -0.25) is 4.79 Å². The third-order valence-corrected chi connectivity index (χ3v) is 7.85. The summed E-state index contributed by atoms with van der Waals surface area (Å²) in [6.45, 7) is -0.117. The van der Waals surface area contributed by atoms with Gasteiger partial charge in [0.1, 0.15) is 0 Å². The monoisotopic (exact) mass is 512 g/mol. The average Bonchev–Trinajstić information content (AvgIpc) is 2.98. The molecule has 1 amide bonds. The van der Waals surface area contributed by atoms with Crippen LogP contribution in [0.3, 0.4) is 0 Å². The summed E-state index contributed by atoms with van der Waals surface area (Å²) in [6.07, 6.45) is 6.46. The smallest absolute Gasteiger partial charge is 0.243 e. The predicted molar refractivity (Wildman–Crippen MR) is 123 cm³/mol. The second-order valence-corrected chi connectivity index (χ2v) is 10.9. The quantitative estimate of drug-likeness (QED) is 0.522. The lowest BCUT2D eigenvalue weighted by molar-refractivity contribution is -0.122. The van der Waals surface area contributed by atoms with Gasteiger partial charge < -0.3 is 5.32 Å². The van der Waals surface area contributed by atoms with Gasteiger partial charge in [-0.1, -0.05) is 65.3 Å². The maximum absolute atomic E-state index is 13.3. The first kappa shape index (κ1) is 23.3. The fraction of sp³-hybridized carbons (Fsp3) is 0.409. The average molecular weight is 514 g/mol. The Morgan fingerprint density at radius 3 is 2.20 bits per heavy atom. The molecule has 0 bridgehead atoms. The van der Waals surface area contributed by atoms with E-state index in [9.17, 15) is 13.2 Å². The molecule has 0 saturated heterocycles. The van der Waals surface area contributed by atoms with Crippen molar-refractivity contribution in [1.82, 2.24) is 9.62 Å². The molecule has 0 unspecified atom stereocenters. The number of hydrogen-bond donors (Lipinski definition) is 1. The second-order valence-electron chi connectivity index (χ2n) is 7.61. The zero-order valence-electron chi connectivity index (χ0n) is 16.7. The van der Waals surface area contributed by atoms with Gasteiger partial charge in [0.05, 0.1) is 11.4 Å². The molecule has 0 aliphatic heterocycles. The van der Waals surface area contributed by atoms with Crippen molar-refractivity contribution in [3.8, 4) is 0 Å². The zero-order valence-corrected chi connectivity index (χ0v) is 19.8. The third-order valence-electron chi connectivity index (χ3n) is 5.26. The van der Waals surface area contributed by atoms with Crippen LogP contribution in [0.5, 0.6) is 0 Å². The van der Waals surface area contributed by atoms with Crippen LogP contribution in [0.4, 0.5) is 0 Å². The minimum Gasteiger partial charge on any atom is -0.352 e. The van der Waals surface area contributed by atoms with E-state index in [0.717, 1.165) is 35.7 Å². The number of amides is 1. The standard InChI is InChI=1S/C22H26BrClN2O3S/c23-18-9-7-17(8-10-18)15-26(30(28,29)21-13-11-19(24)12-14-21)16-22(27)25-20-5-3-1-2-4-6-20/h7-14,20H,1-6,15-16H2,(H,25,27). The summed E-state index contributed by atoms with van der Waals surface area (Å²) in [6, 6.07) is 13.5. The van der Waals surface area contributed by atoms with Crippen molar-refractivity contribution < 1.29 is 13.2 Å². The van der Waals surface area contributed by atoms with Crippen LogP contribution >= 0.6 is 27.5 Å². The number of nitrogens with zero attached hydrogens (tertiary/aromatic N) is 1. The Kier molecular flexibility index (Phi) is 8.34. The maximum atomic E-state index is 13.3. The molecule has 1 N–H and O–H groups in total. The molecule has 0 heterocycles. The van der Waals surface area contributed by atoms with Gasteiger partial charge in [0.25, 0.3) is 0 Å². The lowest BCUT2D eigenvalue weighted by Crippen LogP contribution is -2.43. The Morgan fingerprint density at radius 2 is 1.60 bits per heavy atom. The third kappa shape index (κ3) is 6.54. The number of carbonyl (C=O) groups is 1. The first-order valence-corrected chi connectivity index (χ1v) is 12.8. The van der Waals surface area contributed by atoms with Crippen molar-refractivity contribution in [1.29, 1.82) is 0 Å². The Labute approximate surface area is 192 Å². The van der Waals surface area contributed by atoms with Crippen LogP contribution in [-0.4, -0.2) is 31.2 Å². The van der Waals surface area contributed by atoms with Crippen LogP contribution in [0, 0.1) is 0 Å². The Bertz CT molecular complexity index is 941. The predicted octanol–water partition coefficient (Wildman–Crippen LogP) is 5.13. The molecule has 5 nitrogen and oxygen atoms in total. The SMILES string of the molecule is O=C(CN(Cc1ccc(Br)cc1)S(=O)(=O)c1ccc(Cl)cc1)NC1CCCCCC1. The number of halogens is 2. The summed E-state index contributed by atoms with van der Waals surface area (Å²) in [5, 5.41) is 3.50. The molecule has 0 radical (unpaired) electrons. The van der Waals surface area contributed by atoms with Crippen LogP contribution in [-0.2, 0) is 21.4 Å². The van der Waals surface area contributed by atoms with Gasteiger partial charge in [-0.15, -0.1) is 0 Å². The summed E-state index contributed by atoms with van der Waals surface area (Å²) in [7, 11) is -3.87. The number of benzene rings is 2.